The van der Waals surface area contributed by atoms with Crippen molar-refractivity contribution in [2.75, 3.05) is 5.73 Å². The molecule has 2 aromatic rings. The predicted molar refractivity (Wildman–Crippen MR) is 73.1 cm³/mol. The summed E-state index contributed by atoms with van der Waals surface area (Å²) in [5.74, 6) is -0.334. The summed E-state index contributed by atoms with van der Waals surface area (Å²) in [6.07, 6.45) is 1.54. The first-order chi connectivity index (χ1) is 8.50. The summed E-state index contributed by atoms with van der Waals surface area (Å²) in [7, 11) is 0. The Hall–Kier alpha value is -1.62. The third kappa shape index (κ3) is 2.31. The van der Waals surface area contributed by atoms with Crippen molar-refractivity contribution in [3.63, 3.8) is 0 Å². The zero-order chi connectivity index (χ0) is 13.3. The molecule has 1 aromatic carbocycles. The molecular weight excluding hydrogens is 299 g/mol. The summed E-state index contributed by atoms with van der Waals surface area (Å²) in [5.41, 5.74) is 7.23. The van der Waals surface area contributed by atoms with Gasteiger partial charge in [-0.25, -0.2) is 4.39 Å². The zero-order valence-corrected chi connectivity index (χ0v) is 11.4. The molecule has 0 aliphatic heterocycles. The first-order valence-electron chi connectivity index (χ1n) is 5.39. The molecule has 0 atom stereocenters. The molecular formula is C13H12BrFN2O. The van der Waals surface area contributed by atoms with Gasteiger partial charge in [-0.15, -0.1) is 0 Å². The van der Waals surface area contributed by atoms with Crippen molar-refractivity contribution in [3.8, 4) is 0 Å². The Balaban J connectivity index is 2.48. The molecule has 0 amide bonds. The number of hydrogen-bond donors (Lipinski definition) is 1. The Kier molecular flexibility index (Phi) is 3.52. The van der Waals surface area contributed by atoms with Crippen LogP contribution >= 0.6 is 15.9 Å². The summed E-state index contributed by atoms with van der Waals surface area (Å²) in [4.78, 5) is 12.0. The van der Waals surface area contributed by atoms with Gasteiger partial charge in [0.2, 0.25) is 0 Å². The second-order valence-corrected chi connectivity index (χ2v) is 4.84. The molecule has 2 N–H and O–H groups in total. The van der Waals surface area contributed by atoms with Crippen molar-refractivity contribution in [2.45, 2.75) is 13.5 Å². The maximum atomic E-state index is 13.5. The maximum absolute atomic E-state index is 13.5. The van der Waals surface area contributed by atoms with Gasteiger partial charge >= 0.3 is 0 Å². The predicted octanol–water partition coefficient (Wildman–Crippen LogP) is 2.69. The number of nitrogens with two attached hydrogens (primary N) is 1. The Morgan fingerprint density at radius 1 is 1.39 bits per heavy atom. The SMILES string of the molecule is Cc1c(N)cn(Cc2ccccc2F)c(=O)c1Br. The average molecular weight is 311 g/mol. The molecule has 18 heavy (non-hydrogen) atoms. The topological polar surface area (TPSA) is 48.0 Å². The summed E-state index contributed by atoms with van der Waals surface area (Å²) >= 11 is 3.21. The molecule has 3 nitrogen and oxygen atoms in total. The standard InChI is InChI=1S/C13H12BrFN2O/c1-8-11(16)7-17(13(18)12(8)14)6-9-4-2-3-5-10(9)15/h2-5,7H,6,16H2,1H3. The van der Waals surface area contributed by atoms with Gasteiger partial charge in [-0.05, 0) is 34.5 Å². The number of hydrogen-bond acceptors (Lipinski definition) is 2. The van der Waals surface area contributed by atoms with Crippen LogP contribution in [-0.4, -0.2) is 4.57 Å². The molecule has 0 bridgehead atoms. The Bertz CT molecular complexity index is 652. The van der Waals surface area contributed by atoms with Crippen molar-refractivity contribution in [3.05, 3.63) is 62.2 Å². The molecule has 5 heteroatoms. The largest absolute Gasteiger partial charge is 0.397 e. The zero-order valence-electron chi connectivity index (χ0n) is 9.78. The maximum Gasteiger partial charge on any atom is 0.265 e. The van der Waals surface area contributed by atoms with Gasteiger partial charge < -0.3 is 10.3 Å². The van der Waals surface area contributed by atoms with Gasteiger partial charge in [-0.2, -0.15) is 0 Å². The Morgan fingerprint density at radius 3 is 2.72 bits per heavy atom. The van der Waals surface area contributed by atoms with Crippen LogP contribution in [0.5, 0.6) is 0 Å². The number of anilines is 1. The highest BCUT2D eigenvalue weighted by Gasteiger charge is 2.10. The third-order valence-corrected chi connectivity index (χ3v) is 3.74. The van der Waals surface area contributed by atoms with E-state index in [0.29, 0.717) is 21.3 Å². The van der Waals surface area contributed by atoms with E-state index in [1.807, 2.05) is 0 Å². The smallest absolute Gasteiger partial charge is 0.265 e. The number of aromatic nitrogens is 1. The minimum Gasteiger partial charge on any atom is -0.397 e. The van der Waals surface area contributed by atoms with Gasteiger partial charge in [0.05, 0.1) is 16.7 Å². The lowest BCUT2D eigenvalue weighted by Crippen LogP contribution is -2.23. The lowest BCUT2D eigenvalue weighted by atomic mass is 10.2. The number of nitrogen functional groups attached to an aromatic ring is 1. The Labute approximate surface area is 112 Å². The molecule has 1 aromatic heterocycles. The molecule has 0 unspecified atom stereocenters. The van der Waals surface area contributed by atoms with Gasteiger partial charge in [0.15, 0.2) is 0 Å². The quantitative estimate of drug-likeness (QED) is 0.927. The monoisotopic (exact) mass is 310 g/mol. The number of nitrogens with zero attached hydrogens (tertiary/aromatic N) is 1. The van der Waals surface area contributed by atoms with E-state index in [1.54, 1.807) is 25.1 Å². The lowest BCUT2D eigenvalue weighted by Gasteiger charge is -2.11. The second-order valence-electron chi connectivity index (χ2n) is 4.05. The van der Waals surface area contributed by atoms with Crippen LogP contribution in [0.15, 0.2) is 39.7 Å². The van der Waals surface area contributed by atoms with E-state index in [1.165, 1.54) is 16.8 Å². The van der Waals surface area contributed by atoms with E-state index >= 15 is 0 Å². The van der Waals surface area contributed by atoms with E-state index in [9.17, 15) is 9.18 Å². The lowest BCUT2D eigenvalue weighted by molar-refractivity contribution is 0.596. The molecule has 1 heterocycles. The van der Waals surface area contributed by atoms with Crippen LogP contribution in [0.1, 0.15) is 11.1 Å². The molecule has 0 saturated heterocycles. The summed E-state index contributed by atoms with van der Waals surface area (Å²) < 4.78 is 15.3. The van der Waals surface area contributed by atoms with Crippen LogP contribution in [-0.2, 0) is 6.54 Å². The minimum atomic E-state index is -0.334. The van der Waals surface area contributed by atoms with Crippen molar-refractivity contribution in [2.24, 2.45) is 0 Å². The summed E-state index contributed by atoms with van der Waals surface area (Å²) in [6, 6.07) is 6.36. The average Bonchev–Trinajstić information content (AvgIpc) is 2.36. The molecule has 94 valence electrons. The van der Waals surface area contributed by atoms with Gasteiger partial charge in [-0.1, -0.05) is 18.2 Å². The fourth-order valence-corrected chi connectivity index (χ4v) is 2.12. The number of pyridine rings is 1. The van der Waals surface area contributed by atoms with Crippen LogP contribution in [0.3, 0.4) is 0 Å². The number of halogens is 2. The molecule has 0 aliphatic carbocycles. The van der Waals surface area contributed by atoms with Crippen LogP contribution in [0.4, 0.5) is 10.1 Å². The summed E-state index contributed by atoms with van der Waals surface area (Å²) in [5, 5.41) is 0. The highest BCUT2D eigenvalue weighted by atomic mass is 79.9. The van der Waals surface area contributed by atoms with E-state index in [-0.39, 0.29) is 17.9 Å². The number of rotatable bonds is 2. The Morgan fingerprint density at radius 2 is 2.06 bits per heavy atom. The van der Waals surface area contributed by atoms with Crippen LogP contribution < -0.4 is 11.3 Å². The van der Waals surface area contributed by atoms with Gasteiger partial charge in [0.25, 0.3) is 5.56 Å². The van der Waals surface area contributed by atoms with Crippen molar-refractivity contribution >= 4 is 21.6 Å². The summed E-state index contributed by atoms with van der Waals surface area (Å²) in [6.45, 7) is 1.92. The van der Waals surface area contributed by atoms with Gasteiger partial charge in [0.1, 0.15) is 5.82 Å². The highest BCUT2D eigenvalue weighted by Crippen LogP contribution is 2.18. The fraction of sp³-hybridized carbons (Fsp3) is 0.154. The first kappa shape index (κ1) is 12.8. The molecule has 0 aliphatic rings. The molecule has 0 spiro atoms. The fourth-order valence-electron chi connectivity index (χ4n) is 1.66. The molecule has 2 rings (SSSR count). The minimum absolute atomic E-state index is 0.161. The van der Waals surface area contributed by atoms with Gasteiger partial charge in [-0.3, -0.25) is 4.79 Å². The molecule has 0 radical (unpaired) electrons. The van der Waals surface area contributed by atoms with E-state index in [4.69, 9.17) is 5.73 Å². The van der Waals surface area contributed by atoms with Crippen molar-refractivity contribution in [1.29, 1.82) is 0 Å². The highest BCUT2D eigenvalue weighted by molar-refractivity contribution is 9.10. The first-order valence-corrected chi connectivity index (χ1v) is 6.18. The van der Waals surface area contributed by atoms with Crippen molar-refractivity contribution < 1.29 is 4.39 Å². The van der Waals surface area contributed by atoms with E-state index in [2.05, 4.69) is 15.9 Å². The van der Waals surface area contributed by atoms with Crippen LogP contribution in [0.25, 0.3) is 0 Å². The van der Waals surface area contributed by atoms with E-state index in [0.717, 1.165) is 0 Å². The van der Waals surface area contributed by atoms with Crippen molar-refractivity contribution in [1.82, 2.24) is 4.57 Å². The van der Waals surface area contributed by atoms with Crippen LogP contribution in [0.2, 0.25) is 0 Å². The molecule has 0 saturated carbocycles. The van der Waals surface area contributed by atoms with Gasteiger partial charge in [0, 0.05) is 11.8 Å². The normalized spacial score (nSPS) is 10.6. The van der Waals surface area contributed by atoms with E-state index < -0.39 is 0 Å². The number of benzene rings is 1. The molecule has 0 fully saturated rings. The third-order valence-electron chi connectivity index (χ3n) is 2.80. The second kappa shape index (κ2) is 4.94. The van der Waals surface area contributed by atoms with Crippen LogP contribution in [0, 0.1) is 12.7 Å².